The highest BCUT2D eigenvalue weighted by Crippen LogP contribution is 2.34. The number of carbonyl (C=O) groups excluding carboxylic acids is 2. The van der Waals surface area contributed by atoms with Crippen LogP contribution in [-0.2, 0) is 4.79 Å². The summed E-state index contributed by atoms with van der Waals surface area (Å²) in [5.41, 5.74) is 6.58. The Labute approximate surface area is 180 Å². The minimum absolute atomic E-state index is 0.0520. The number of aromatic nitrogens is 4. The second-order valence-corrected chi connectivity index (χ2v) is 9.14. The lowest BCUT2D eigenvalue weighted by Gasteiger charge is -2.10. The van der Waals surface area contributed by atoms with E-state index < -0.39 is 5.91 Å². The number of amides is 2. The molecule has 0 saturated heterocycles. The number of thiophene rings is 1. The number of furan rings is 1. The van der Waals surface area contributed by atoms with E-state index in [0.29, 0.717) is 5.16 Å². The van der Waals surface area contributed by atoms with Crippen LogP contribution in [0.25, 0.3) is 15.9 Å². The minimum Gasteiger partial charge on any atom is -0.459 e. The smallest absolute Gasteiger partial charge is 0.305 e. The number of hydrogen-bond donors (Lipinski definition) is 2. The predicted molar refractivity (Wildman–Crippen MR) is 115 cm³/mol. The molecule has 0 spiro atoms. The highest BCUT2D eigenvalue weighted by molar-refractivity contribution is 7.99. The summed E-state index contributed by atoms with van der Waals surface area (Å²) < 4.78 is 6.90. The molecule has 0 fully saturated rings. The van der Waals surface area contributed by atoms with Crippen LogP contribution in [0.4, 0.5) is 0 Å². The average Bonchev–Trinajstić information content (AvgIpc) is 3.44. The summed E-state index contributed by atoms with van der Waals surface area (Å²) in [5.74, 6) is 0.262. The van der Waals surface area contributed by atoms with Gasteiger partial charge in [-0.25, -0.2) is 4.98 Å². The third-order valence-corrected chi connectivity index (χ3v) is 6.61. The number of fused-ring (bicyclic) bond motifs is 3. The summed E-state index contributed by atoms with van der Waals surface area (Å²) in [6, 6.07) is 3.10. The lowest BCUT2D eigenvalue weighted by atomic mass is 10.2. The zero-order valence-corrected chi connectivity index (χ0v) is 18.5. The van der Waals surface area contributed by atoms with E-state index >= 15 is 0 Å². The Morgan fingerprint density at radius 3 is 2.77 bits per heavy atom. The third-order valence-electron chi connectivity index (χ3n) is 4.58. The van der Waals surface area contributed by atoms with E-state index in [1.807, 2.05) is 4.40 Å². The Kier molecular flexibility index (Phi) is 5.48. The van der Waals surface area contributed by atoms with Crippen molar-refractivity contribution >= 4 is 50.8 Å². The molecule has 0 bridgehead atoms. The maximum atomic E-state index is 12.2. The van der Waals surface area contributed by atoms with Crippen LogP contribution in [0.5, 0.6) is 0 Å². The first-order valence-corrected chi connectivity index (χ1v) is 11.1. The first-order chi connectivity index (χ1) is 14.4. The van der Waals surface area contributed by atoms with E-state index in [4.69, 9.17) is 9.40 Å². The van der Waals surface area contributed by atoms with Crippen molar-refractivity contribution in [3.05, 3.63) is 40.4 Å². The molecule has 156 valence electrons. The lowest BCUT2D eigenvalue weighted by molar-refractivity contribution is -0.119. The van der Waals surface area contributed by atoms with Gasteiger partial charge in [-0.2, -0.15) is 0 Å². The third kappa shape index (κ3) is 3.65. The van der Waals surface area contributed by atoms with Crippen molar-refractivity contribution in [2.75, 3.05) is 5.75 Å². The molecule has 4 aromatic rings. The SMILES string of the molecule is Cc1sc2nc(C(C)C)n3c(SCC(=O)NNC(=O)c4ccco4)nnc3c2c1C. The molecule has 9 nitrogen and oxygen atoms in total. The molecule has 2 N–H and O–H groups in total. The van der Waals surface area contributed by atoms with Gasteiger partial charge in [-0.05, 0) is 31.5 Å². The molecule has 4 rings (SSSR count). The second kappa shape index (κ2) is 8.07. The fourth-order valence-corrected chi connectivity index (χ4v) is 4.76. The number of nitrogens with one attached hydrogen (secondary N) is 2. The predicted octanol–water partition coefficient (Wildman–Crippen LogP) is 3.23. The molecule has 0 aromatic carbocycles. The number of hydrazine groups is 1. The Morgan fingerprint density at radius 1 is 1.27 bits per heavy atom. The van der Waals surface area contributed by atoms with Crippen molar-refractivity contribution < 1.29 is 14.0 Å². The number of carbonyl (C=O) groups is 2. The van der Waals surface area contributed by atoms with Gasteiger partial charge in [-0.15, -0.1) is 21.5 Å². The van der Waals surface area contributed by atoms with Crippen molar-refractivity contribution in [2.45, 2.75) is 38.8 Å². The second-order valence-electron chi connectivity index (χ2n) is 7.00. The lowest BCUT2D eigenvalue weighted by Crippen LogP contribution is -2.42. The molecule has 2 amide bonds. The molecule has 4 aromatic heterocycles. The van der Waals surface area contributed by atoms with Gasteiger partial charge in [0.15, 0.2) is 16.6 Å². The van der Waals surface area contributed by atoms with Crippen molar-refractivity contribution in [1.82, 2.24) is 30.4 Å². The standard InChI is InChI=1S/C19H20N6O3S2/c1-9(2)15-20-18-14(10(3)11(4)30-18)16-22-24-19(25(15)16)29-8-13(26)21-23-17(27)12-6-5-7-28-12/h5-7,9H,8H2,1-4H3,(H,21,26)(H,23,27). The molecular formula is C19H20N6O3S2. The largest absolute Gasteiger partial charge is 0.459 e. The normalized spacial score (nSPS) is 11.5. The van der Waals surface area contributed by atoms with E-state index in [9.17, 15) is 9.59 Å². The van der Waals surface area contributed by atoms with Crippen LogP contribution in [0.15, 0.2) is 28.0 Å². The zero-order valence-electron chi connectivity index (χ0n) is 16.8. The maximum absolute atomic E-state index is 12.2. The molecule has 0 radical (unpaired) electrons. The molecule has 11 heteroatoms. The van der Waals surface area contributed by atoms with Gasteiger partial charge in [-0.1, -0.05) is 25.6 Å². The van der Waals surface area contributed by atoms with Gasteiger partial charge in [0.25, 0.3) is 0 Å². The van der Waals surface area contributed by atoms with E-state index in [1.165, 1.54) is 29.0 Å². The first-order valence-electron chi connectivity index (χ1n) is 9.27. The number of rotatable bonds is 5. The minimum atomic E-state index is -0.525. The van der Waals surface area contributed by atoms with Gasteiger partial charge in [0.1, 0.15) is 10.7 Å². The molecule has 0 atom stereocenters. The van der Waals surface area contributed by atoms with Crippen LogP contribution >= 0.6 is 23.1 Å². The van der Waals surface area contributed by atoms with Crippen LogP contribution < -0.4 is 10.9 Å². The average molecular weight is 445 g/mol. The molecule has 0 unspecified atom stereocenters. The van der Waals surface area contributed by atoms with Gasteiger partial charge < -0.3 is 4.42 Å². The monoisotopic (exact) mass is 444 g/mol. The highest BCUT2D eigenvalue weighted by Gasteiger charge is 2.21. The first kappa shape index (κ1) is 20.4. The van der Waals surface area contributed by atoms with Gasteiger partial charge >= 0.3 is 5.91 Å². The Hall–Kier alpha value is -2.92. The van der Waals surface area contributed by atoms with E-state index in [-0.39, 0.29) is 23.3 Å². The van der Waals surface area contributed by atoms with Gasteiger partial charge in [-0.3, -0.25) is 24.8 Å². The molecule has 0 aliphatic rings. The Morgan fingerprint density at radius 2 is 2.07 bits per heavy atom. The summed E-state index contributed by atoms with van der Waals surface area (Å²) in [6.07, 6.45) is 1.39. The summed E-state index contributed by atoms with van der Waals surface area (Å²) in [5, 5.41) is 10.3. The number of nitrogens with zero attached hydrogens (tertiary/aromatic N) is 4. The Balaban J connectivity index is 1.55. The van der Waals surface area contributed by atoms with Crippen LogP contribution in [-0.4, -0.2) is 37.1 Å². The van der Waals surface area contributed by atoms with Gasteiger partial charge in [0.2, 0.25) is 5.91 Å². The maximum Gasteiger partial charge on any atom is 0.305 e. The van der Waals surface area contributed by atoms with E-state index in [1.54, 1.807) is 17.4 Å². The van der Waals surface area contributed by atoms with Crippen molar-refractivity contribution in [3.63, 3.8) is 0 Å². The van der Waals surface area contributed by atoms with Crippen LogP contribution in [0.2, 0.25) is 0 Å². The number of thioether (sulfide) groups is 1. The van der Waals surface area contributed by atoms with Crippen molar-refractivity contribution in [1.29, 1.82) is 0 Å². The van der Waals surface area contributed by atoms with Crippen molar-refractivity contribution in [2.24, 2.45) is 0 Å². The quantitative estimate of drug-likeness (QED) is 0.359. The molecule has 0 aliphatic carbocycles. The summed E-state index contributed by atoms with van der Waals surface area (Å²) in [4.78, 5) is 31.0. The van der Waals surface area contributed by atoms with Gasteiger partial charge in [0.05, 0.1) is 17.4 Å². The van der Waals surface area contributed by atoms with Crippen LogP contribution in [0, 0.1) is 13.8 Å². The van der Waals surface area contributed by atoms with Crippen LogP contribution in [0.3, 0.4) is 0 Å². The van der Waals surface area contributed by atoms with E-state index in [0.717, 1.165) is 27.3 Å². The molecule has 30 heavy (non-hydrogen) atoms. The molecule has 0 saturated carbocycles. The number of aryl methyl sites for hydroxylation is 2. The molecule has 4 heterocycles. The summed E-state index contributed by atoms with van der Waals surface area (Å²) in [6.45, 7) is 8.25. The van der Waals surface area contributed by atoms with Gasteiger partial charge in [0, 0.05) is 10.8 Å². The number of hydrogen-bond acceptors (Lipinski definition) is 8. The fourth-order valence-electron chi connectivity index (χ4n) is 2.99. The summed E-state index contributed by atoms with van der Waals surface area (Å²) in [7, 11) is 0. The zero-order chi connectivity index (χ0) is 21.4. The van der Waals surface area contributed by atoms with E-state index in [2.05, 4.69) is 48.7 Å². The highest BCUT2D eigenvalue weighted by atomic mass is 32.2. The topological polar surface area (TPSA) is 114 Å². The van der Waals surface area contributed by atoms with Crippen molar-refractivity contribution in [3.8, 4) is 0 Å². The Bertz CT molecular complexity index is 1240. The molecule has 0 aliphatic heterocycles. The fraction of sp³-hybridized carbons (Fsp3) is 0.316. The van der Waals surface area contributed by atoms with Crippen LogP contribution in [0.1, 0.15) is 46.6 Å². The summed E-state index contributed by atoms with van der Waals surface area (Å²) >= 11 is 2.88. The molecular weight excluding hydrogens is 424 g/mol.